The number of nitrogens with zero attached hydrogens (tertiary/aromatic N) is 1. The number of carboxylic acid groups (broad SMARTS) is 1. The zero-order valence-corrected chi connectivity index (χ0v) is 7.50. The molecule has 5 heteroatoms. The molecule has 1 N–H and O–H groups in total. The molecule has 0 bridgehead atoms. The first-order valence-corrected chi connectivity index (χ1v) is 3.94. The van der Waals surface area contributed by atoms with Crippen molar-refractivity contribution >= 4 is 5.97 Å². The van der Waals surface area contributed by atoms with Gasteiger partial charge in [0.25, 0.3) is 0 Å². The van der Waals surface area contributed by atoms with Crippen molar-refractivity contribution in [1.82, 2.24) is 4.98 Å². The zero-order chi connectivity index (χ0) is 10.8. The fourth-order valence-electron chi connectivity index (χ4n) is 1.05. The van der Waals surface area contributed by atoms with Gasteiger partial charge in [0.1, 0.15) is 0 Å². The van der Waals surface area contributed by atoms with Crippen molar-refractivity contribution in [2.24, 2.45) is 0 Å². The van der Waals surface area contributed by atoms with Crippen LogP contribution in [0.3, 0.4) is 0 Å². The Morgan fingerprint density at radius 3 is 2.79 bits per heavy atom. The maximum atomic E-state index is 12.7. The lowest BCUT2D eigenvalue weighted by molar-refractivity contribution is -0.164. The molecule has 1 aromatic rings. The van der Waals surface area contributed by atoms with Crippen LogP contribution in [0.2, 0.25) is 0 Å². The van der Waals surface area contributed by atoms with Gasteiger partial charge in [-0.15, -0.1) is 0 Å². The van der Waals surface area contributed by atoms with Crippen LogP contribution in [0, 0.1) is 6.92 Å². The van der Waals surface area contributed by atoms with Gasteiger partial charge in [-0.05, 0) is 24.6 Å². The van der Waals surface area contributed by atoms with Crippen molar-refractivity contribution in [3.63, 3.8) is 0 Å². The second kappa shape index (κ2) is 3.69. The number of carboxylic acids is 1. The average Bonchev–Trinajstić information content (AvgIpc) is 2.02. The predicted octanol–water partition coefficient (Wildman–Crippen LogP) is 1.65. The molecule has 0 aliphatic rings. The third-order valence-electron chi connectivity index (χ3n) is 1.70. The first-order valence-electron chi connectivity index (χ1n) is 3.94. The summed E-state index contributed by atoms with van der Waals surface area (Å²) in [5.41, 5.74) is 0.855. The summed E-state index contributed by atoms with van der Waals surface area (Å²) in [5.74, 6) is -5.82. The average molecular weight is 201 g/mol. The second-order valence-corrected chi connectivity index (χ2v) is 2.99. The summed E-state index contributed by atoms with van der Waals surface area (Å²) in [7, 11) is 0. The summed E-state index contributed by atoms with van der Waals surface area (Å²) in [6, 6.07) is 2.82. The minimum atomic E-state index is -3.71. The molecule has 1 aromatic heterocycles. The largest absolute Gasteiger partial charge is 0.477 e. The van der Waals surface area contributed by atoms with Gasteiger partial charge in [-0.3, -0.25) is 4.98 Å². The summed E-state index contributed by atoms with van der Waals surface area (Å²) in [6.07, 6.45) is 0.578. The molecule has 0 unspecified atom stereocenters. The maximum absolute atomic E-state index is 12.7. The summed E-state index contributed by atoms with van der Waals surface area (Å²) in [4.78, 5) is 14.0. The Morgan fingerprint density at radius 2 is 2.29 bits per heavy atom. The van der Waals surface area contributed by atoms with Gasteiger partial charge in [-0.2, -0.15) is 8.78 Å². The number of rotatable bonds is 3. The lowest BCUT2D eigenvalue weighted by Crippen LogP contribution is -2.30. The third kappa shape index (κ3) is 2.48. The number of alkyl halides is 2. The highest BCUT2D eigenvalue weighted by Crippen LogP contribution is 2.20. The molecule has 1 heterocycles. The molecule has 0 saturated carbocycles. The van der Waals surface area contributed by atoms with Gasteiger partial charge in [0.15, 0.2) is 0 Å². The Morgan fingerprint density at radius 1 is 1.64 bits per heavy atom. The molecule has 0 amide bonds. The van der Waals surface area contributed by atoms with Crippen LogP contribution in [-0.4, -0.2) is 22.0 Å². The summed E-state index contributed by atoms with van der Waals surface area (Å²) in [6.45, 7) is 1.66. The quantitative estimate of drug-likeness (QED) is 0.808. The number of pyridine rings is 1. The Bertz CT molecular complexity index is 352. The van der Waals surface area contributed by atoms with Crippen LogP contribution in [0.5, 0.6) is 0 Å². The number of carbonyl (C=O) groups is 1. The number of aromatic nitrogens is 1. The van der Waals surface area contributed by atoms with Crippen LogP contribution in [0.4, 0.5) is 8.78 Å². The Hall–Kier alpha value is -1.52. The molecule has 3 nitrogen and oxygen atoms in total. The normalized spacial score (nSPS) is 11.4. The van der Waals surface area contributed by atoms with Gasteiger partial charge in [0.05, 0.1) is 0 Å². The minimum absolute atomic E-state index is 0.268. The fraction of sp³-hybridized carbons (Fsp3) is 0.333. The van der Waals surface area contributed by atoms with E-state index in [2.05, 4.69) is 4.98 Å². The topological polar surface area (TPSA) is 50.2 Å². The second-order valence-electron chi connectivity index (χ2n) is 2.99. The van der Waals surface area contributed by atoms with Crippen LogP contribution in [0.1, 0.15) is 11.3 Å². The number of hydrogen-bond donors (Lipinski definition) is 1. The molecule has 0 fully saturated rings. The molecule has 0 saturated heterocycles. The van der Waals surface area contributed by atoms with Crippen molar-refractivity contribution in [2.45, 2.75) is 19.3 Å². The van der Waals surface area contributed by atoms with Gasteiger partial charge in [0.2, 0.25) is 0 Å². The minimum Gasteiger partial charge on any atom is -0.477 e. The van der Waals surface area contributed by atoms with Gasteiger partial charge >= 0.3 is 11.9 Å². The highest BCUT2D eigenvalue weighted by atomic mass is 19.3. The smallest absolute Gasteiger partial charge is 0.374 e. The molecule has 14 heavy (non-hydrogen) atoms. The first kappa shape index (κ1) is 10.6. The van der Waals surface area contributed by atoms with E-state index in [1.165, 1.54) is 18.3 Å². The van der Waals surface area contributed by atoms with Gasteiger partial charge in [-0.1, -0.05) is 0 Å². The predicted molar refractivity (Wildman–Crippen MR) is 45.3 cm³/mol. The van der Waals surface area contributed by atoms with E-state index in [4.69, 9.17) is 5.11 Å². The molecule has 0 aliphatic carbocycles. The van der Waals surface area contributed by atoms with Crippen LogP contribution in [-0.2, 0) is 11.2 Å². The van der Waals surface area contributed by atoms with E-state index >= 15 is 0 Å². The van der Waals surface area contributed by atoms with Crippen molar-refractivity contribution in [2.75, 3.05) is 0 Å². The molecule has 0 aliphatic heterocycles. The standard InChI is InChI=1S/C9H9F2NO2/c1-6-4-7(2-3-12-6)5-9(10,11)8(13)14/h2-4H,5H2,1H3,(H,13,14). The van der Waals surface area contributed by atoms with Gasteiger partial charge in [-0.25, -0.2) is 4.79 Å². The first-order chi connectivity index (χ1) is 6.42. The SMILES string of the molecule is Cc1cc(CC(F)(F)C(=O)O)ccn1. The van der Waals surface area contributed by atoms with E-state index in [-0.39, 0.29) is 5.56 Å². The molecular weight excluding hydrogens is 192 g/mol. The van der Waals surface area contributed by atoms with E-state index in [0.717, 1.165) is 0 Å². The molecule has 0 atom stereocenters. The van der Waals surface area contributed by atoms with Crippen LogP contribution in [0.15, 0.2) is 18.3 Å². The Balaban J connectivity index is 2.83. The third-order valence-corrected chi connectivity index (χ3v) is 1.70. The summed E-state index contributed by atoms with van der Waals surface area (Å²) in [5, 5.41) is 8.21. The highest BCUT2D eigenvalue weighted by molar-refractivity contribution is 5.75. The number of aryl methyl sites for hydroxylation is 1. The van der Waals surface area contributed by atoms with Crippen molar-refractivity contribution in [1.29, 1.82) is 0 Å². The van der Waals surface area contributed by atoms with Crippen LogP contribution < -0.4 is 0 Å². The van der Waals surface area contributed by atoms with Gasteiger partial charge < -0.3 is 5.11 Å². The monoisotopic (exact) mass is 201 g/mol. The lowest BCUT2D eigenvalue weighted by Gasteiger charge is -2.10. The van der Waals surface area contributed by atoms with E-state index in [1.54, 1.807) is 6.92 Å². The van der Waals surface area contributed by atoms with E-state index < -0.39 is 18.3 Å². The van der Waals surface area contributed by atoms with Crippen molar-refractivity contribution in [3.8, 4) is 0 Å². The fourth-order valence-corrected chi connectivity index (χ4v) is 1.05. The van der Waals surface area contributed by atoms with Gasteiger partial charge in [0, 0.05) is 18.3 Å². The van der Waals surface area contributed by atoms with E-state index in [0.29, 0.717) is 5.69 Å². The van der Waals surface area contributed by atoms with E-state index in [1.807, 2.05) is 0 Å². The Kier molecular flexibility index (Phi) is 2.78. The van der Waals surface area contributed by atoms with Crippen molar-refractivity contribution in [3.05, 3.63) is 29.6 Å². The molecular formula is C9H9F2NO2. The molecule has 1 rings (SSSR count). The highest BCUT2D eigenvalue weighted by Gasteiger charge is 2.38. The number of aliphatic carboxylic acids is 1. The Labute approximate surface area is 79.4 Å². The van der Waals surface area contributed by atoms with Crippen molar-refractivity contribution < 1.29 is 18.7 Å². The molecule has 76 valence electrons. The maximum Gasteiger partial charge on any atom is 0.374 e. The summed E-state index contributed by atoms with van der Waals surface area (Å²) >= 11 is 0. The van der Waals surface area contributed by atoms with Crippen LogP contribution >= 0.6 is 0 Å². The molecule has 0 aromatic carbocycles. The zero-order valence-electron chi connectivity index (χ0n) is 7.50. The molecule has 0 spiro atoms. The summed E-state index contributed by atoms with van der Waals surface area (Å²) < 4.78 is 25.5. The lowest BCUT2D eigenvalue weighted by atomic mass is 10.1. The van der Waals surface area contributed by atoms with E-state index in [9.17, 15) is 13.6 Å². The number of hydrogen-bond acceptors (Lipinski definition) is 2. The molecule has 0 radical (unpaired) electrons. The number of halogens is 2. The van der Waals surface area contributed by atoms with Crippen LogP contribution in [0.25, 0.3) is 0 Å².